The van der Waals surface area contributed by atoms with Crippen molar-refractivity contribution in [1.29, 1.82) is 0 Å². The molecule has 2 unspecified atom stereocenters. The largest absolute Gasteiger partial charge is 0.389 e. The molecule has 0 aromatic carbocycles. The molecule has 0 bridgehead atoms. The van der Waals surface area contributed by atoms with Crippen molar-refractivity contribution < 1.29 is 5.11 Å². The summed E-state index contributed by atoms with van der Waals surface area (Å²) < 4.78 is 0. The van der Waals surface area contributed by atoms with E-state index in [9.17, 15) is 5.11 Å². The van der Waals surface area contributed by atoms with Crippen molar-refractivity contribution in [2.45, 2.75) is 52.2 Å². The molecule has 0 saturated heterocycles. The number of terminal acetylenes is 1. The fourth-order valence-corrected chi connectivity index (χ4v) is 1.62. The van der Waals surface area contributed by atoms with E-state index in [2.05, 4.69) is 25.1 Å². The Morgan fingerprint density at radius 1 is 1.50 bits per heavy atom. The molecule has 0 rings (SSSR count). The van der Waals surface area contributed by atoms with Crippen LogP contribution in [0.3, 0.4) is 0 Å². The highest BCUT2D eigenvalue weighted by Crippen LogP contribution is 2.15. The highest BCUT2D eigenvalue weighted by atomic mass is 16.3. The van der Waals surface area contributed by atoms with Gasteiger partial charge in [0, 0.05) is 6.54 Å². The summed E-state index contributed by atoms with van der Waals surface area (Å²) >= 11 is 0. The number of hydrogen-bond acceptors (Lipinski definition) is 2. The van der Waals surface area contributed by atoms with Crippen LogP contribution in [0.15, 0.2) is 0 Å². The van der Waals surface area contributed by atoms with E-state index >= 15 is 0 Å². The molecule has 0 heterocycles. The average Bonchev–Trinajstić information content (AvgIpc) is 2.03. The minimum atomic E-state index is -0.654. The number of hydrogen-bond donors (Lipinski definition) is 2. The highest BCUT2D eigenvalue weighted by Gasteiger charge is 2.22. The molecule has 0 aromatic rings. The standard InChI is InChI=1S/C12H23NO/c1-6-11(7-2)13-9-12(5,14)8-10(3)4/h1,10-11,13-14H,7-9H2,2-5H3. The molecule has 82 valence electrons. The summed E-state index contributed by atoms with van der Waals surface area (Å²) in [5.74, 6) is 3.15. The second-order valence-corrected chi connectivity index (χ2v) is 4.60. The third-order valence-corrected chi connectivity index (χ3v) is 2.19. The van der Waals surface area contributed by atoms with Gasteiger partial charge in [-0.15, -0.1) is 6.42 Å². The third kappa shape index (κ3) is 6.01. The predicted octanol–water partition coefficient (Wildman–Crippen LogP) is 1.78. The Morgan fingerprint density at radius 3 is 2.43 bits per heavy atom. The Bertz CT molecular complexity index is 191. The molecule has 2 nitrogen and oxygen atoms in total. The van der Waals surface area contributed by atoms with Gasteiger partial charge in [-0.25, -0.2) is 0 Å². The molecular formula is C12H23NO. The quantitative estimate of drug-likeness (QED) is 0.636. The molecule has 0 spiro atoms. The van der Waals surface area contributed by atoms with Gasteiger partial charge in [0.25, 0.3) is 0 Å². The molecule has 0 amide bonds. The summed E-state index contributed by atoms with van der Waals surface area (Å²) in [6.07, 6.45) is 7.01. The molecule has 0 aliphatic heterocycles. The molecule has 2 heteroatoms. The van der Waals surface area contributed by atoms with Crippen LogP contribution >= 0.6 is 0 Å². The Morgan fingerprint density at radius 2 is 2.07 bits per heavy atom. The van der Waals surface area contributed by atoms with Crippen molar-refractivity contribution >= 4 is 0 Å². The van der Waals surface area contributed by atoms with Crippen LogP contribution in [0.4, 0.5) is 0 Å². The van der Waals surface area contributed by atoms with Crippen LogP contribution in [0.25, 0.3) is 0 Å². The first-order valence-electron chi connectivity index (χ1n) is 5.33. The van der Waals surface area contributed by atoms with Gasteiger partial charge in [0.15, 0.2) is 0 Å². The van der Waals surface area contributed by atoms with E-state index in [1.54, 1.807) is 0 Å². The first-order valence-corrected chi connectivity index (χ1v) is 5.33. The highest BCUT2D eigenvalue weighted by molar-refractivity contribution is 4.98. The van der Waals surface area contributed by atoms with Crippen molar-refractivity contribution in [2.24, 2.45) is 5.92 Å². The number of nitrogens with one attached hydrogen (secondary N) is 1. The minimum absolute atomic E-state index is 0.0774. The molecular weight excluding hydrogens is 174 g/mol. The van der Waals surface area contributed by atoms with E-state index in [-0.39, 0.29) is 6.04 Å². The second kappa shape index (κ2) is 6.06. The van der Waals surface area contributed by atoms with Crippen LogP contribution in [-0.4, -0.2) is 23.3 Å². The van der Waals surface area contributed by atoms with Crippen LogP contribution < -0.4 is 5.32 Å². The van der Waals surface area contributed by atoms with Gasteiger partial charge in [0.05, 0.1) is 11.6 Å². The Balaban J connectivity index is 3.92. The third-order valence-electron chi connectivity index (χ3n) is 2.19. The van der Waals surface area contributed by atoms with Crippen molar-refractivity contribution in [3.8, 4) is 12.3 Å². The molecule has 0 aliphatic carbocycles. The maximum Gasteiger partial charge on any atom is 0.0746 e. The normalized spacial score (nSPS) is 17.5. The lowest BCUT2D eigenvalue weighted by atomic mass is 9.94. The fraction of sp³-hybridized carbons (Fsp3) is 0.833. The summed E-state index contributed by atoms with van der Waals surface area (Å²) in [5.41, 5.74) is -0.654. The van der Waals surface area contributed by atoms with Gasteiger partial charge >= 0.3 is 0 Å². The van der Waals surface area contributed by atoms with Crippen LogP contribution in [-0.2, 0) is 0 Å². The lowest BCUT2D eigenvalue weighted by Crippen LogP contribution is -2.42. The summed E-state index contributed by atoms with van der Waals surface area (Å²) in [7, 11) is 0. The summed E-state index contributed by atoms with van der Waals surface area (Å²) in [4.78, 5) is 0. The topological polar surface area (TPSA) is 32.3 Å². The van der Waals surface area contributed by atoms with Gasteiger partial charge < -0.3 is 10.4 Å². The van der Waals surface area contributed by atoms with Gasteiger partial charge in [-0.1, -0.05) is 26.7 Å². The van der Waals surface area contributed by atoms with Gasteiger partial charge in [-0.3, -0.25) is 0 Å². The fourth-order valence-electron chi connectivity index (χ4n) is 1.62. The van der Waals surface area contributed by atoms with Gasteiger partial charge in [0.1, 0.15) is 0 Å². The Hall–Kier alpha value is -0.520. The monoisotopic (exact) mass is 197 g/mol. The lowest BCUT2D eigenvalue weighted by molar-refractivity contribution is 0.0373. The Labute approximate surface area is 88.1 Å². The van der Waals surface area contributed by atoms with E-state index < -0.39 is 5.60 Å². The molecule has 0 fully saturated rings. The smallest absolute Gasteiger partial charge is 0.0746 e. The van der Waals surface area contributed by atoms with Gasteiger partial charge in [-0.05, 0) is 25.7 Å². The minimum Gasteiger partial charge on any atom is -0.389 e. The van der Waals surface area contributed by atoms with E-state index in [4.69, 9.17) is 6.42 Å². The zero-order valence-electron chi connectivity index (χ0n) is 9.80. The summed E-state index contributed by atoms with van der Waals surface area (Å²) in [5, 5.41) is 13.2. The van der Waals surface area contributed by atoms with Crippen molar-refractivity contribution in [3.05, 3.63) is 0 Å². The first-order chi connectivity index (χ1) is 6.41. The van der Waals surface area contributed by atoms with Gasteiger partial charge in [-0.2, -0.15) is 0 Å². The number of rotatable bonds is 6. The maximum atomic E-state index is 9.99. The van der Waals surface area contributed by atoms with Crippen molar-refractivity contribution in [3.63, 3.8) is 0 Å². The Kier molecular flexibility index (Phi) is 5.83. The zero-order chi connectivity index (χ0) is 11.2. The average molecular weight is 197 g/mol. The number of aliphatic hydroxyl groups is 1. The zero-order valence-corrected chi connectivity index (χ0v) is 9.80. The van der Waals surface area contributed by atoms with E-state index in [1.165, 1.54) is 0 Å². The molecule has 0 aromatic heterocycles. The van der Waals surface area contributed by atoms with Crippen molar-refractivity contribution in [1.82, 2.24) is 5.32 Å². The second-order valence-electron chi connectivity index (χ2n) is 4.60. The van der Waals surface area contributed by atoms with E-state index in [0.717, 1.165) is 12.8 Å². The summed E-state index contributed by atoms with van der Waals surface area (Å²) in [6, 6.07) is 0.0774. The summed E-state index contributed by atoms with van der Waals surface area (Å²) in [6.45, 7) is 8.66. The van der Waals surface area contributed by atoms with Crippen LogP contribution in [0.2, 0.25) is 0 Å². The van der Waals surface area contributed by atoms with E-state index in [0.29, 0.717) is 12.5 Å². The SMILES string of the molecule is C#CC(CC)NCC(C)(O)CC(C)C. The van der Waals surface area contributed by atoms with Crippen molar-refractivity contribution in [2.75, 3.05) is 6.54 Å². The molecule has 0 aliphatic rings. The van der Waals surface area contributed by atoms with Crippen LogP contribution in [0, 0.1) is 18.3 Å². The van der Waals surface area contributed by atoms with Crippen LogP contribution in [0.5, 0.6) is 0 Å². The molecule has 0 saturated carbocycles. The molecule has 2 atom stereocenters. The predicted molar refractivity (Wildman–Crippen MR) is 61.0 cm³/mol. The van der Waals surface area contributed by atoms with Crippen LogP contribution in [0.1, 0.15) is 40.5 Å². The molecule has 2 N–H and O–H groups in total. The van der Waals surface area contributed by atoms with E-state index in [1.807, 2.05) is 13.8 Å². The molecule has 0 radical (unpaired) electrons. The molecule has 14 heavy (non-hydrogen) atoms. The van der Waals surface area contributed by atoms with Gasteiger partial charge in [0.2, 0.25) is 0 Å². The maximum absolute atomic E-state index is 9.99. The lowest BCUT2D eigenvalue weighted by Gasteiger charge is -2.27. The first kappa shape index (κ1) is 13.5.